The molecular weight excluding hydrogens is 225 g/mol. The Bertz CT molecular complexity index is 246. The predicted molar refractivity (Wildman–Crippen MR) is 50.8 cm³/mol. The Morgan fingerprint density at radius 1 is 1.33 bits per heavy atom. The Kier molecular flexibility index (Phi) is 3.33. The van der Waals surface area contributed by atoms with Crippen molar-refractivity contribution in [3.05, 3.63) is 0 Å². The standard InChI is InChI=1S/C9H13F2O3P/c10-9(11)3-1-6(2-4-9)7(12)5-8-13-15-14-8/h6,8,15H,1-5H2. The fourth-order valence-electron chi connectivity index (χ4n) is 1.89. The van der Waals surface area contributed by atoms with Crippen LogP contribution in [-0.2, 0) is 13.8 Å². The number of rotatable bonds is 3. The molecule has 6 heteroatoms. The molecule has 0 unspecified atom stereocenters. The van der Waals surface area contributed by atoms with Gasteiger partial charge < -0.3 is 9.05 Å². The van der Waals surface area contributed by atoms with E-state index in [-0.39, 0.29) is 40.0 Å². The lowest BCUT2D eigenvalue weighted by Gasteiger charge is -2.30. The van der Waals surface area contributed by atoms with Gasteiger partial charge in [-0.3, -0.25) is 4.79 Å². The highest BCUT2D eigenvalue weighted by molar-refractivity contribution is 7.27. The van der Waals surface area contributed by atoms with Crippen molar-refractivity contribution in [1.29, 1.82) is 0 Å². The van der Waals surface area contributed by atoms with Gasteiger partial charge in [0.25, 0.3) is 0 Å². The molecule has 3 nitrogen and oxygen atoms in total. The molecule has 1 heterocycles. The Balaban J connectivity index is 1.76. The summed E-state index contributed by atoms with van der Waals surface area (Å²) in [4.78, 5) is 11.6. The van der Waals surface area contributed by atoms with E-state index in [1.165, 1.54) is 0 Å². The average molecular weight is 238 g/mol. The van der Waals surface area contributed by atoms with Crippen molar-refractivity contribution in [2.45, 2.75) is 44.3 Å². The fourth-order valence-corrected chi connectivity index (χ4v) is 2.29. The molecule has 0 spiro atoms. The molecule has 0 aromatic carbocycles. The summed E-state index contributed by atoms with van der Waals surface area (Å²) in [5.41, 5.74) is 0. The van der Waals surface area contributed by atoms with Crippen LogP contribution in [-0.4, -0.2) is 18.0 Å². The summed E-state index contributed by atoms with van der Waals surface area (Å²) in [7, 11) is 0.0286. The van der Waals surface area contributed by atoms with Crippen molar-refractivity contribution < 1.29 is 22.6 Å². The molecule has 1 aliphatic carbocycles. The number of ketones is 1. The lowest BCUT2D eigenvalue weighted by atomic mass is 9.83. The van der Waals surface area contributed by atoms with Crippen molar-refractivity contribution in [3.8, 4) is 0 Å². The highest BCUT2D eigenvalue weighted by atomic mass is 31.1. The van der Waals surface area contributed by atoms with Gasteiger partial charge in [0, 0.05) is 18.8 Å². The number of halogens is 2. The molecule has 86 valence electrons. The van der Waals surface area contributed by atoms with E-state index in [9.17, 15) is 13.6 Å². The van der Waals surface area contributed by atoms with Gasteiger partial charge in [-0.05, 0) is 12.8 Å². The van der Waals surface area contributed by atoms with E-state index in [0.29, 0.717) is 12.8 Å². The largest absolute Gasteiger partial charge is 0.305 e. The first-order valence-electron chi connectivity index (χ1n) is 5.04. The van der Waals surface area contributed by atoms with E-state index < -0.39 is 12.2 Å². The second-order valence-corrected chi connectivity index (χ2v) is 4.69. The maximum absolute atomic E-state index is 12.8. The first-order chi connectivity index (χ1) is 7.07. The topological polar surface area (TPSA) is 35.5 Å². The molecule has 0 amide bonds. The molecule has 2 aliphatic rings. The van der Waals surface area contributed by atoms with Crippen molar-refractivity contribution in [2.24, 2.45) is 5.92 Å². The summed E-state index contributed by atoms with van der Waals surface area (Å²) in [6.07, 6.45) is 0.0401. The molecule has 1 saturated carbocycles. The van der Waals surface area contributed by atoms with Crippen LogP contribution in [0.25, 0.3) is 0 Å². The molecule has 1 aliphatic heterocycles. The maximum atomic E-state index is 12.8. The van der Waals surface area contributed by atoms with Gasteiger partial charge in [-0.2, -0.15) is 0 Å². The Morgan fingerprint density at radius 2 is 1.93 bits per heavy atom. The monoisotopic (exact) mass is 238 g/mol. The van der Waals surface area contributed by atoms with E-state index in [4.69, 9.17) is 9.05 Å². The van der Waals surface area contributed by atoms with Gasteiger partial charge in [0.15, 0.2) is 15.3 Å². The minimum Gasteiger partial charge on any atom is -0.305 e. The highest BCUT2D eigenvalue weighted by Gasteiger charge is 2.38. The van der Waals surface area contributed by atoms with E-state index in [2.05, 4.69) is 0 Å². The third kappa shape index (κ3) is 2.92. The maximum Gasteiger partial charge on any atom is 0.248 e. The molecular formula is C9H13F2O3P. The first-order valence-corrected chi connectivity index (χ1v) is 5.85. The smallest absolute Gasteiger partial charge is 0.248 e. The summed E-state index contributed by atoms with van der Waals surface area (Å²) >= 11 is 0. The van der Waals surface area contributed by atoms with Crippen LogP contribution in [0.3, 0.4) is 0 Å². The summed E-state index contributed by atoms with van der Waals surface area (Å²) in [5, 5.41) is 0. The number of Topliss-reactive ketones (excluding diaryl/α,β-unsaturated/α-hetero) is 1. The van der Waals surface area contributed by atoms with E-state index in [1.54, 1.807) is 0 Å². The lowest BCUT2D eigenvalue weighted by Crippen LogP contribution is -2.31. The predicted octanol–water partition coefficient (Wildman–Crippen LogP) is 2.65. The van der Waals surface area contributed by atoms with Crippen LogP contribution in [0.1, 0.15) is 32.1 Å². The number of hydrogen-bond donors (Lipinski definition) is 0. The minimum absolute atomic E-state index is 0.000000000000000444. The van der Waals surface area contributed by atoms with Gasteiger partial charge >= 0.3 is 0 Å². The second-order valence-electron chi connectivity index (χ2n) is 4.05. The van der Waals surface area contributed by atoms with Crippen LogP contribution in [0.2, 0.25) is 0 Å². The average Bonchev–Trinajstić information content (AvgIpc) is 2.11. The number of hydrogen-bond acceptors (Lipinski definition) is 3. The third-order valence-electron chi connectivity index (χ3n) is 2.90. The zero-order valence-electron chi connectivity index (χ0n) is 8.17. The van der Waals surface area contributed by atoms with Crippen molar-refractivity contribution in [1.82, 2.24) is 0 Å². The Labute approximate surface area is 88.5 Å². The SMILES string of the molecule is O=C(CC1OPO1)C1CCC(F)(F)CC1. The molecule has 0 N–H and O–H groups in total. The van der Waals surface area contributed by atoms with Crippen LogP contribution in [0.4, 0.5) is 8.78 Å². The fraction of sp³-hybridized carbons (Fsp3) is 0.889. The normalized spacial score (nSPS) is 32.5. The first kappa shape index (κ1) is 11.4. The van der Waals surface area contributed by atoms with Gasteiger partial charge in [-0.1, -0.05) is 0 Å². The van der Waals surface area contributed by atoms with Crippen molar-refractivity contribution in [2.75, 3.05) is 0 Å². The van der Waals surface area contributed by atoms with Crippen molar-refractivity contribution in [3.63, 3.8) is 0 Å². The summed E-state index contributed by atoms with van der Waals surface area (Å²) in [6, 6.07) is 0. The zero-order chi connectivity index (χ0) is 10.9. The Hall–Kier alpha value is -0.120. The summed E-state index contributed by atoms with van der Waals surface area (Å²) in [5.74, 6) is -2.79. The number of alkyl halides is 2. The van der Waals surface area contributed by atoms with Crippen LogP contribution in [0.5, 0.6) is 0 Å². The van der Waals surface area contributed by atoms with Crippen molar-refractivity contribution >= 4 is 14.8 Å². The minimum atomic E-state index is -2.57. The van der Waals surface area contributed by atoms with E-state index >= 15 is 0 Å². The molecule has 0 radical (unpaired) electrons. The van der Waals surface area contributed by atoms with Gasteiger partial charge in [-0.15, -0.1) is 0 Å². The van der Waals surface area contributed by atoms with Gasteiger partial charge in [0.1, 0.15) is 5.78 Å². The second kappa shape index (κ2) is 4.40. The molecule has 2 fully saturated rings. The Morgan fingerprint density at radius 3 is 2.40 bits per heavy atom. The highest BCUT2D eigenvalue weighted by Crippen LogP contribution is 2.39. The van der Waals surface area contributed by atoms with Crippen LogP contribution in [0.15, 0.2) is 0 Å². The third-order valence-corrected chi connectivity index (χ3v) is 3.62. The van der Waals surface area contributed by atoms with E-state index in [1.807, 2.05) is 0 Å². The van der Waals surface area contributed by atoms with Crippen LogP contribution in [0, 0.1) is 5.92 Å². The molecule has 0 aromatic rings. The van der Waals surface area contributed by atoms with Crippen LogP contribution < -0.4 is 0 Å². The van der Waals surface area contributed by atoms with E-state index in [0.717, 1.165) is 0 Å². The van der Waals surface area contributed by atoms with Gasteiger partial charge in [-0.25, -0.2) is 8.78 Å². The van der Waals surface area contributed by atoms with Gasteiger partial charge in [0.05, 0.1) is 6.42 Å². The zero-order valence-corrected chi connectivity index (χ0v) is 9.17. The van der Waals surface area contributed by atoms with Gasteiger partial charge in [0.2, 0.25) is 5.92 Å². The molecule has 1 saturated heterocycles. The lowest BCUT2D eigenvalue weighted by molar-refractivity contribution is -0.136. The summed E-state index contributed by atoms with van der Waals surface area (Å²) in [6.45, 7) is 0. The molecule has 0 aromatic heterocycles. The quantitative estimate of drug-likeness (QED) is 0.709. The molecule has 15 heavy (non-hydrogen) atoms. The number of carbonyl (C=O) groups excluding carboxylic acids is 1. The molecule has 0 atom stereocenters. The molecule has 2 rings (SSSR count). The van der Waals surface area contributed by atoms with Crippen LogP contribution >= 0.6 is 9.03 Å². The molecule has 0 bridgehead atoms. The summed E-state index contributed by atoms with van der Waals surface area (Å²) < 4.78 is 35.6. The number of carbonyl (C=O) groups is 1.